The van der Waals surface area contributed by atoms with Gasteiger partial charge in [0.15, 0.2) is 0 Å². The molecule has 2 amide bonds. The first-order chi connectivity index (χ1) is 7.33. The SMILES string of the molecule is O=C(NCCCCCO)Nc1cnns1. The van der Waals surface area contributed by atoms with E-state index in [1.165, 1.54) is 6.20 Å². The number of rotatable bonds is 6. The summed E-state index contributed by atoms with van der Waals surface area (Å²) in [4.78, 5) is 11.2. The summed E-state index contributed by atoms with van der Waals surface area (Å²) < 4.78 is 3.62. The largest absolute Gasteiger partial charge is 0.396 e. The van der Waals surface area contributed by atoms with Crippen molar-refractivity contribution in [3.8, 4) is 0 Å². The van der Waals surface area contributed by atoms with Crippen molar-refractivity contribution in [2.24, 2.45) is 0 Å². The van der Waals surface area contributed by atoms with E-state index in [0.717, 1.165) is 30.8 Å². The number of hydrogen-bond acceptors (Lipinski definition) is 5. The number of carbonyl (C=O) groups excluding carboxylic acids is 1. The number of nitrogens with one attached hydrogen (secondary N) is 2. The van der Waals surface area contributed by atoms with Gasteiger partial charge in [0.25, 0.3) is 0 Å². The molecular formula is C8H14N4O2S. The Morgan fingerprint density at radius 3 is 3.00 bits per heavy atom. The highest BCUT2D eigenvalue weighted by Crippen LogP contribution is 2.08. The van der Waals surface area contributed by atoms with Crippen LogP contribution in [0.5, 0.6) is 0 Å². The van der Waals surface area contributed by atoms with Gasteiger partial charge in [0.2, 0.25) is 0 Å². The zero-order valence-corrected chi connectivity index (χ0v) is 9.09. The lowest BCUT2D eigenvalue weighted by atomic mass is 10.2. The van der Waals surface area contributed by atoms with Gasteiger partial charge in [-0.3, -0.25) is 5.32 Å². The lowest BCUT2D eigenvalue weighted by Crippen LogP contribution is -2.29. The van der Waals surface area contributed by atoms with Crippen molar-refractivity contribution < 1.29 is 9.90 Å². The van der Waals surface area contributed by atoms with Crippen molar-refractivity contribution in [1.29, 1.82) is 0 Å². The van der Waals surface area contributed by atoms with Gasteiger partial charge >= 0.3 is 6.03 Å². The predicted molar refractivity (Wildman–Crippen MR) is 57.9 cm³/mol. The van der Waals surface area contributed by atoms with Crippen LogP contribution in [0.25, 0.3) is 0 Å². The third-order valence-electron chi connectivity index (χ3n) is 1.72. The Balaban J connectivity index is 2.04. The van der Waals surface area contributed by atoms with Crippen molar-refractivity contribution >= 4 is 22.6 Å². The fourth-order valence-electron chi connectivity index (χ4n) is 0.994. The minimum Gasteiger partial charge on any atom is -0.396 e. The number of nitrogens with zero attached hydrogens (tertiary/aromatic N) is 2. The molecule has 0 fully saturated rings. The maximum atomic E-state index is 11.2. The first-order valence-corrected chi connectivity index (χ1v) is 5.53. The van der Waals surface area contributed by atoms with Gasteiger partial charge in [0.05, 0.1) is 6.20 Å². The summed E-state index contributed by atoms with van der Waals surface area (Å²) in [5, 5.41) is 18.1. The van der Waals surface area contributed by atoms with E-state index in [2.05, 4.69) is 20.2 Å². The molecule has 0 aliphatic rings. The molecule has 0 aliphatic carbocycles. The molecule has 0 aromatic carbocycles. The van der Waals surface area contributed by atoms with Gasteiger partial charge in [-0.1, -0.05) is 4.49 Å². The molecule has 0 saturated heterocycles. The topological polar surface area (TPSA) is 87.1 Å². The van der Waals surface area contributed by atoms with Crippen LogP contribution in [0.1, 0.15) is 19.3 Å². The lowest BCUT2D eigenvalue weighted by molar-refractivity contribution is 0.251. The number of unbranched alkanes of at least 4 members (excludes halogenated alkanes) is 2. The number of urea groups is 1. The molecule has 3 N–H and O–H groups in total. The molecule has 0 saturated carbocycles. The number of anilines is 1. The molecule has 0 unspecified atom stereocenters. The van der Waals surface area contributed by atoms with E-state index in [-0.39, 0.29) is 12.6 Å². The molecule has 0 spiro atoms. The molecule has 7 heteroatoms. The molecular weight excluding hydrogens is 216 g/mol. The fourth-order valence-corrected chi connectivity index (χ4v) is 1.41. The Kier molecular flexibility index (Phi) is 5.64. The molecule has 6 nitrogen and oxygen atoms in total. The van der Waals surface area contributed by atoms with Gasteiger partial charge in [-0.05, 0) is 19.3 Å². The summed E-state index contributed by atoms with van der Waals surface area (Å²) in [5.41, 5.74) is 0. The van der Waals surface area contributed by atoms with Gasteiger partial charge in [-0.2, -0.15) is 0 Å². The average Bonchev–Trinajstić information content (AvgIpc) is 2.70. The van der Waals surface area contributed by atoms with E-state index in [4.69, 9.17) is 5.11 Å². The van der Waals surface area contributed by atoms with Crippen LogP contribution in [0.15, 0.2) is 6.20 Å². The van der Waals surface area contributed by atoms with Crippen molar-refractivity contribution in [3.63, 3.8) is 0 Å². The second-order valence-electron chi connectivity index (χ2n) is 2.95. The quantitative estimate of drug-likeness (QED) is 0.631. The monoisotopic (exact) mass is 230 g/mol. The van der Waals surface area contributed by atoms with Crippen LogP contribution in [0.4, 0.5) is 9.80 Å². The zero-order valence-electron chi connectivity index (χ0n) is 8.27. The summed E-state index contributed by atoms with van der Waals surface area (Å²) in [5.74, 6) is 0. The summed E-state index contributed by atoms with van der Waals surface area (Å²) in [6.07, 6.45) is 4.06. The number of hydrogen-bond donors (Lipinski definition) is 3. The lowest BCUT2D eigenvalue weighted by Gasteiger charge is -2.04. The molecule has 0 aliphatic heterocycles. The molecule has 1 aromatic heterocycles. The highest BCUT2D eigenvalue weighted by Gasteiger charge is 2.01. The van der Waals surface area contributed by atoms with E-state index in [9.17, 15) is 4.79 Å². The fraction of sp³-hybridized carbons (Fsp3) is 0.625. The smallest absolute Gasteiger partial charge is 0.319 e. The van der Waals surface area contributed by atoms with E-state index in [1.54, 1.807) is 0 Å². The van der Waals surface area contributed by atoms with Crippen molar-refractivity contribution in [2.45, 2.75) is 19.3 Å². The Hall–Kier alpha value is -1.21. The Labute approximate surface area is 91.9 Å². The maximum absolute atomic E-state index is 11.2. The zero-order chi connectivity index (χ0) is 10.9. The van der Waals surface area contributed by atoms with E-state index in [0.29, 0.717) is 11.5 Å². The summed E-state index contributed by atoms with van der Waals surface area (Å²) in [7, 11) is 0. The maximum Gasteiger partial charge on any atom is 0.319 e. The van der Waals surface area contributed by atoms with Crippen LogP contribution in [0.2, 0.25) is 0 Å². The molecule has 1 aromatic rings. The minimum absolute atomic E-state index is 0.207. The van der Waals surface area contributed by atoms with E-state index in [1.807, 2.05) is 0 Å². The highest BCUT2D eigenvalue weighted by atomic mass is 32.1. The van der Waals surface area contributed by atoms with Crippen LogP contribution in [0, 0.1) is 0 Å². The van der Waals surface area contributed by atoms with Gasteiger partial charge in [-0.25, -0.2) is 4.79 Å². The van der Waals surface area contributed by atoms with E-state index < -0.39 is 0 Å². The second-order valence-corrected chi connectivity index (χ2v) is 3.73. The number of aliphatic hydroxyl groups is 1. The minimum atomic E-state index is -0.245. The summed E-state index contributed by atoms with van der Waals surface area (Å²) >= 11 is 1.13. The normalized spacial score (nSPS) is 9.93. The van der Waals surface area contributed by atoms with Crippen LogP contribution in [-0.4, -0.2) is 33.9 Å². The standard InChI is InChI=1S/C8H14N4O2S/c13-5-3-1-2-4-9-8(14)11-7-6-10-12-15-7/h6,13H,1-5H2,(H2,9,11,14). The Morgan fingerprint density at radius 2 is 2.33 bits per heavy atom. The predicted octanol–water partition coefficient (Wildman–Crippen LogP) is 0.822. The molecule has 1 heterocycles. The highest BCUT2D eigenvalue weighted by molar-refractivity contribution is 7.10. The third-order valence-corrected chi connectivity index (χ3v) is 2.30. The van der Waals surface area contributed by atoms with Crippen molar-refractivity contribution in [1.82, 2.24) is 14.9 Å². The molecule has 0 bridgehead atoms. The number of aromatic nitrogens is 2. The third kappa shape index (κ3) is 5.28. The Bertz CT molecular complexity index is 278. The summed E-state index contributed by atoms with van der Waals surface area (Å²) in [6.45, 7) is 0.816. The first kappa shape index (κ1) is 11.9. The molecule has 15 heavy (non-hydrogen) atoms. The van der Waals surface area contributed by atoms with Gasteiger partial charge in [0.1, 0.15) is 5.00 Å². The molecule has 84 valence electrons. The number of carbonyl (C=O) groups is 1. The first-order valence-electron chi connectivity index (χ1n) is 4.76. The van der Waals surface area contributed by atoms with Crippen LogP contribution in [0.3, 0.4) is 0 Å². The van der Waals surface area contributed by atoms with Crippen molar-refractivity contribution in [3.05, 3.63) is 6.20 Å². The molecule has 0 radical (unpaired) electrons. The molecule has 1 rings (SSSR count). The molecule has 0 atom stereocenters. The van der Waals surface area contributed by atoms with Crippen LogP contribution >= 0.6 is 11.5 Å². The van der Waals surface area contributed by atoms with E-state index >= 15 is 0 Å². The van der Waals surface area contributed by atoms with Gasteiger partial charge in [-0.15, -0.1) is 5.10 Å². The van der Waals surface area contributed by atoms with Gasteiger partial charge < -0.3 is 10.4 Å². The van der Waals surface area contributed by atoms with Crippen molar-refractivity contribution in [2.75, 3.05) is 18.5 Å². The van der Waals surface area contributed by atoms with Crippen LogP contribution in [-0.2, 0) is 0 Å². The van der Waals surface area contributed by atoms with Crippen LogP contribution < -0.4 is 10.6 Å². The number of aliphatic hydroxyl groups excluding tert-OH is 1. The Morgan fingerprint density at radius 1 is 1.47 bits per heavy atom. The average molecular weight is 230 g/mol. The second kappa shape index (κ2) is 7.13. The van der Waals surface area contributed by atoms with Gasteiger partial charge in [0, 0.05) is 24.7 Å². The summed E-state index contributed by atoms with van der Waals surface area (Å²) in [6, 6.07) is -0.245. The number of amides is 2.